The molecule has 0 N–H and O–H groups in total. The third-order valence-corrected chi connectivity index (χ3v) is 1.16. The molecular formula is C10H16N2. The average molecular weight is 164 g/mol. The number of aliphatic imine (C=N–C) groups is 2. The van der Waals surface area contributed by atoms with E-state index in [2.05, 4.69) is 29.7 Å². The van der Waals surface area contributed by atoms with Gasteiger partial charge in [-0.2, -0.15) is 0 Å². The summed E-state index contributed by atoms with van der Waals surface area (Å²) in [5.74, 6) is 3.42. The minimum atomic E-state index is 0.692. The Hall–Kier alpha value is -1.14. The topological polar surface area (TPSA) is 24.7 Å². The van der Waals surface area contributed by atoms with Crippen molar-refractivity contribution in [1.29, 1.82) is 0 Å². The highest BCUT2D eigenvalue weighted by atomic mass is 14.7. The van der Waals surface area contributed by atoms with Crippen LogP contribution in [0.15, 0.2) is 28.3 Å². The highest BCUT2D eigenvalue weighted by Crippen LogP contribution is 1.98. The van der Waals surface area contributed by atoms with Gasteiger partial charge < -0.3 is 0 Å². The molecule has 0 saturated carbocycles. The second-order valence-electron chi connectivity index (χ2n) is 2.85. The molecular weight excluding hydrogens is 148 g/mol. The van der Waals surface area contributed by atoms with Gasteiger partial charge in [0.1, 0.15) is 0 Å². The molecule has 0 saturated heterocycles. The van der Waals surface area contributed by atoms with Gasteiger partial charge in [-0.25, -0.2) is 4.99 Å². The normalized spacial score (nSPS) is 11.0. The van der Waals surface area contributed by atoms with E-state index in [0.29, 0.717) is 5.92 Å². The fourth-order valence-electron chi connectivity index (χ4n) is 0.580. The Morgan fingerprint density at radius 1 is 1.42 bits per heavy atom. The molecule has 0 fully saturated rings. The third kappa shape index (κ3) is 8.86. The summed E-state index contributed by atoms with van der Waals surface area (Å²) in [6.07, 6.45) is 8.20. The minimum Gasteiger partial charge on any atom is -0.296 e. The lowest BCUT2D eigenvalue weighted by molar-refractivity contribution is 0.663. The lowest BCUT2D eigenvalue weighted by Gasteiger charge is -1.93. The highest BCUT2D eigenvalue weighted by molar-refractivity contribution is 5.82. The molecule has 0 aliphatic rings. The second kappa shape index (κ2) is 7.96. The van der Waals surface area contributed by atoms with E-state index in [0.717, 1.165) is 6.42 Å². The summed E-state index contributed by atoms with van der Waals surface area (Å²) in [7, 11) is 1.72. The Bertz CT molecular complexity index is 206. The van der Waals surface area contributed by atoms with Gasteiger partial charge in [0, 0.05) is 25.5 Å². The molecule has 0 amide bonds. The Kier molecular flexibility index (Phi) is 7.21. The molecule has 0 rings (SSSR count). The summed E-state index contributed by atoms with van der Waals surface area (Å²) in [6.45, 7) is 4.35. The van der Waals surface area contributed by atoms with Gasteiger partial charge in [0.2, 0.25) is 0 Å². The molecule has 0 unspecified atom stereocenters. The van der Waals surface area contributed by atoms with Crippen molar-refractivity contribution in [2.24, 2.45) is 15.9 Å². The number of nitrogens with zero attached hydrogens (tertiary/aromatic N) is 2. The van der Waals surface area contributed by atoms with Crippen LogP contribution in [0.3, 0.4) is 0 Å². The smallest absolute Gasteiger partial charge is 0.0328 e. The molecule has 2 nitrogen and oxygen atoms in total. The van der Waals surface area contributed by atoms with E-state index in [1.54, 1.807) is 25.5 Å². The standard InChI is InChI=1S/C10H16N2/c1-10(2)6-4-8-12-9-5-7-11-3/h4-5,7-8,10H,6H2,1-3H3/b8-4-,11-7-. The van der Waals surface area contributed by atoms with Crippen LogP contribution in [-0.2, 0) is 0 Å². The number of hydrogen-bond donors (Lipinski definition) is 0. The molecule has 0 bridgehead atoms. The largest absolute Gasteiger partial charge is 0.296 e. The maximum absolute atomic E-state index is 3.90. The van der Waals surface area contributed by atoms with E-state index >= 15 is 0 Å². The van der Waals surface area contributed by atoms with Gasteiger partial charge in [0.05, 0.1) is 0 Å². The molecule has 0 radical (unpaired) electrons. The molecule has 0 aromatic heterocycles. The van der Waals surface area contributed by atoms with E-state index in [1.165, 1.54) is 0 Å². The van der Waals surface area contributed by atoms with Crippen molar-refractivity contribution in [3.63, 3.8) is 0 Å². The van der Waals surface area contributed by atoms with Crippen LogP contribution in [0.4, 0.5) is 0 Å². The van der Waals surface area contributed by atoms with Crippen LogP contribution in [0.2, 0.25) is 0 Å². The zero-order valence-corrected chi connectivity index (χ0v) is 7.99. The summed E-state index contributed by atoms with van der Waals surface area (Å²) < 4.78 is 0. The first-order chi connectivity index (χ1) is 5.77. The van der Waals surface area contributed by atoms with Gasteiger partial charge in [-0.15, -0.1) is 0 Å². The van der Waals surface area contributed by atoms with Crippen LogP contribution in [0.25, 0.3) is 0 Å². The summed E-state index contributed by atoms with van der Waals surface area (Å²) in [5.41, 5.74) is 0. The Balaban J connectivity index is 3.66. The molecule has 12 heavy (non-hydrogen) atoms. The van der Waals surface area contributed by atoms with Gasteiger partial charge in [0.25, 0.3) is 0 Å². The number of rotatable bonds is 4. The van der Waals surface area contributed by atoms with Crippen molar-refractivity contribution in [2.75, 3.05) is 7.05 Å². The molecule has 0 aromatic rings. The number of allylic oxidation sites excluding steroid dienone is 2. The van der Waals surface area contributed by atoms with E-state index in [9.17, 15) is 0 Å². The molecule has 0 aliphatic heterocycles. The maximum atomic E-state index is 3.90. The maximum Gasteiger partial charge on any atom is 0.0328 e. The Morgan fingerprint density at radius 3 is 2.75 bits per heavy atom. The van der Waals surface area contributed by atoms with Crippen molar-refractivity contribution < 1.29 is 0 Å². The molecule has 0 heterocycles. The first-order valence-corrected chi connectivity index (χ1v) is 4.11. The summed E-state index contributed by atoms with van der Waals surface area (Å²) >= 11 is 0. The summed E-state index contributed by atoms with van der Waals surface area (Å²) in [5, 5.41) is 0. The first-order valence-electron chi connectivity index (χ1n) is 4.11. The quantitative estimate of drug-likeness (QED) is 0.570. The minimum absolute atomic E-state index is 0.692. The van der Waals surface area contributed by atoms with Crippen molar-refractivity contribution in [2.45, 2.75) is 20.3 Å². The van der Waals surface area contributed by atoms with E-state index in [-0.39, 0.29) is 0 Å². The van der Waals surface area contributed by atoms with Crippen LogP contribution >= 0.6 is 0 Å². The first kappa shape index (κ1) is 10.9. The predicted octanol–water partition coefficient (Wildman–Crippen LogP) is 2.47. The number of hydrogen-bond acceptors (Lipinski definition) is 2. The predicted molar refractivity (Wildman–Crippen MR) is 55.0 cm³/mol. The van der Waals surface area contributed by atoms with E-state index in [4.69, 9.17) is 0 Å². The molecule has 0 atom stereocenters. The van der Waals surface area contributed by atoms with Crippen LogP contribution in [0, 0.1) is 5.92 Å². The van der Waals surface area contributed by atoms with Gasteiger partial charge in [-0.05, 0) is 18.2 Å². The van der Waals surface area contributed by atoms with Crippen LogP contribution in [0.1, 0.15) is 20.3 Å². The molecule has 2 heteroatoms. The summed E-state index contributed by atoms with van der Waals surface area (Å²) in [6, 6.07) is 0. The van der Waals surface area contributed by atoms with Crippen molar-refractivity contribution in [1.82, 2.24) is 0 Å². The van der Waals surface area contributed by atoms with Crippen molar-refractivity contribution >= 4 is 12.1 Å². The molecule has 0 spiro atoms. The van der Waals surface area contributed by atoms with Gasteiger partial charge in [0.15, 0.2) is 0 Å². The lowest BCUT2D eigenvalue weighted by Crippen LogP contribution is -1.80. The Morgan fingerprint density at radius 2 is 2.17 bits per heavy atom. The Labute approximate surface area is 74.4 Å². The molecule has 0 aromatic carbocycles. The molecule has 0 aliphatic carbocycles. The van der Waals surface area contributed by atoms with Crippen LogP contribution in [0.5, 0.6) is 0 Å². The lowest BCUT2D eigenvalue weighted by atomic mass is 10.1. The average Bonchev–Trinajstić information content (AvgIpc) is 2.02. The molecule has 66 valence electrons. The third-order valence-electron chi connectivity index (χ3n) is 1.16. The van der Waals surface area contributed by atoms with E-state index in [1.807, 2.05) is 6.08 Å². The monoisotopic (exact) mass is 164 g/mol. The zero-order valence-electron chi connectivity index (χ0n) is 7.99. The fraction of sp³-hybridized carbons (Fsp3) is 0.500. The highest BCUT2D eigenvalue weighted by Gasteiger charge is 1.84. The second-order valence-corrected chi connectivity index (χ2v) is 2.85. The van der Waals surface area contributed by atoms with Gasteiger partial charge in [-0.3, -0.25) is 4.99 Å². The van der Waals surface area contributed by atoms with Gasteiger partial charge in [-0.1, -0.05) is 19.9 Å². The summed E-state index contributed by atoms with van der Waals surface area (Å²) in [4.78, 5) is 7.66. The SMILES string of the molecule is C/N=C\C=C=N/C=C\CC(C)C. The van der Waals surface area contributed by atoms with Crippen molar-refractivity contribution in [3.8, 4) is 0 Å². The zero-order chi connectivity index (χ0) is 9.23. The van der Waals surface area contributed by atoms with E-state index < -0.39 is 0 Å². The van der Waals surface area contributed by atoms with Crippen LogP contribution < -0.4 is 0 Å². The van der Waals surface area contributed by atoms with Crippen LogP contribution in [-0.4, -0.2) is 19.1 Å². The van der Waals surface area contributed by atoms with Crippen molar-refractivity contribution in [3.05, 3.63) is 18.4 Å². The fourth-order valence-corrected chi connectivity index (χ4v) is 0.580. The van der Waals surface area contributed by atoms with Gasteiger partial charge >= 0.3 is 0 Å².